The molecule has 1 fully saturated rings. The molecule has 2 amide bonds. The molecule has 2 rings (SSSR count). The molecule has 6 nitrogen and oxygen atoms in total. The van der Waals surface area contributed by atoms with E-state index in [-0.39, 0.29) is 36.6 Å². The molecular weight excluding hydrogens is 268 g/mol. The normalized spacial score (nSPS) is 15.5. The summed E-state index contributed by atoms with van der Waals surface area (Å²) in [7, 11) is 0. The van der Waals surface area contributed by atoms with Crippen LogP contribution in [0.4, 0.5) is 5.69 Å². The van der Waals surface area contributed by atoms with E-state index in [1.807, 2.05) is 0 Å². The Morgan fingerprint density at radius 3 is 2.37 bits per heavy atom. The highest BCUT2D eigenvalue weighted by Crippen LogP contribution is 2.21. The quantitative estimate of drug-likeness (QED) is 0.628. The summed E-state index contributed by atoms with van der Waals surface area (Å²) in [5.41, 5.74) is 5.81. The summed E-state index contributed by atoms with van der Waals surface area (Å²) in [4.78, 5) is 24.6. The van der Waals surface area contributed by atoms with Crippen molar-refractivity contribution in [3.05, 3.63) is 24.3 Å². The predicted octanol–water partition coefficient (Wildman–Crippen LogP) is 0.241. The topological polar surface area (TPSA) is 81.9 Å². The van der Waals surface area contributed by atoms with Crippen LogP contribution in [0, 0.1) is 0 Å². The summed E-state index contributed by atoms with van der Waals surface area (Å²) in [5, 5.41) is 0. The highest BCUT2D eigenvalue weighted by atomic mass is 32.1. The third-order valence-electron chi connectivity index (χ3n) is 2.43. The second-order valence-electron chi connectivity index (χ2n) is 3.86. The molecule has 0 bridgehead atoms. The van der Waals surface area contributed by atoms with Gasteiger partial charge in [0.05, 0.1) is 5.69 Å². The second-order valence-corrected chi connectivity index (χ2v) is 4.39. The molecule has 0 aromatic heterocycles. The number of carbonyl (C=O) groups excluding carboxylic acids is 2. The maximum absolute atomic E-state index is 11.6. The minimum absolute atomic E-state index is 0.0918. The van der Waals surface area contributed by atoms with Crippen molar-refractivity contribution in [2.75, 3.05) is 24.7 Å². The Balaban J connectivity index is 2.11. The number of anilines is 1. The number of nitrogens with two attached hydrogens (primary N) is 1. The van der Waals surface area contributed by atoms with Gasteiger partial charge in [-0.1, -0.05) is 12.2 Å². The van der Waals surface area contributed by atoms with Gasteiger partial charge in [-0.3, -0.25) is 9.59 Å². The van der Waals surface area contributed by atoms with E-state index >= 15 is 0 Å². The van der Waals surface area contributed by atoms with Crippen molar-refractivity contribution < 1.29 is 19.1 Å². The number of hydrogen-bond donors (Lipinski definition) is 1. The van der Waals surface area contributed by atoms with Crippen LogP contribution in [-0.2, 0) is 14.3 Å². The van der Waals surface area contributed by atoms with Crippen molar-refractivity contribution in [2.45, 2.75) is 0 Å². The lowest BCUT2D eigenvalue weighted by molar-refractivity contribution is -0.138. The number of morpholine rings is 1. The molecule has 1 aliphatic heterocycles. The zero-order valence-corrected chi connectivity index (χ0v) is 10.8. The summed E-state index contributed by atoms with van der Waals surface area (Å²) >= 11 is 4.70. The molecule has 1 aromatic rings. The van der Waals surface area contributed by atoms with Crippen molar-refractivity contribution >= 4 is 34.7 Å². The molecule has 2 N–H and O–H groups in total. The molecular formula is C12H12N2O4S. The highest BCUT2D eigenvalue weighted by Gasteiger charge is 2.27. The highest BCUT2D eigenvalue weighted by molar-refractivity contribution is 7.80. The van der Waals surface area contributed by atoms with E-state index in [4.69, 9.17) is 27.4 Å². The molecule has 0 unspecified atom stereocenters. The van der Waals surface area contributed by atoms with Gasteiger partial charge in [-0.15, -0.1) is 0 Å². The molecule has 7 heteroatoms. The molecule has 19 heavy (non-hydrogen) atoms. The van der Waals surface area contributed by atoms with Crippen LogP contribution in [0.25, 0.3) is 0 Å². The first-order valence-electron chi connectivity index (χ1n) is 5.52. The van der Waals surface area contributed by atoms with Crippen molar-refractivity contribution in [1.29, 1.82) is 0 Å². The van der Waals surface area contributed by atoms with E-state index in [0.717, 1.165) is 4.90 Å². The number of benzene rings is 1. The van der Waals surface area contributed by atoms with E-state index in [1.54, 1.807) is 24.3 Å². The van der Waals surface area contributed by atoms with Crippen molar-refractivity contribution in [2.24, 2.45) is 5.73 Å². The lowest BCUT2D eigenvalue weighted by atomic mass is 10.2. The van der Waals surface area contributed by atoms with Crippen LogP contribution >= 0.6 is 12.2 Å². The van der Waals surface area contributed by atoms with E-state index < -0.39 is 0 Å². The SMILES string of the molecule is NC(=S)COc1ccc(N2C(=O)COCC2=O)cc1. The fraction of sp³-hybridized carbons (Fsp3) is 0.250. The lowest BCUT2D eigenvalue weighted by Gasteiger charge is -2.24. The van der Waals surface area contributed by atoms with E-state index in [2.05, 4.69) is 0 Å². The van der Waals surface area contributed by atoms with Gasteiger partial charge in [-0.05, 0) is 24.3 Å². The van der Waals surface area contributed by atoms with Gasteiger partial charge in [-0.25, -0.2) is 4.90 Å². The van der Waals surface area contributed by atoms with Crippen LogP contribution < -0.4 is 15.4 Å². The number of hydrogen-bond acceptors (Lipinski definition) is 5. The Bertz CT molecular complexity index is 499. The molecule has 1 heterocycles. The second kappa shape index (κ2) is 5.77. The zero-order chi connectivity index (χ0) is 13.8. The summed E-state index contributed by atoms with van der Waals surface area (Å²) in [6.45, 7) is -0.0407. The molecule has 0 atom stereocenters. The Labute approximate surface area is 115 Å². The summed E-state index contributed by atoms with van der Waals surface area (Å²) in [6.07, 6.45) is 0. The maximum Gasteiger partial charge on any atom is 0.259 e. The van der Waals surface area contributed by atoms with E-state index in [1.165, 1.54) is 0 Å². The van der Waals surface area contributed by atoms with Crippen LogP contribution in [0.3, 0.4) is 0 Å². The third-order valence-corrected chi connectivity index (χ3v) is 2.54. The van der Waals surface area contributed by atoms with Gasteiger partial charge in [0.1, 0.15) is 30.6 Å². The number of rotatable bonds is 4. The first-order valence-corrected chi connectivity index (χ1v) is 5.93. The van der Waals surface area contributed by atoms with E-state index in [0.29, 0.717) is 11.4 Å². The molecule has 0 saturated carbocycles. The summed E-state index contributed by atoms with van der Waals surface area (Å²) in [5.74, 6) is -0.203. The smallest absolute Gasteiger partial charge is 0.259 e. The number of carbonyl (C=O) groups is 2. The predicted molar refractivity (Wildman–Crippen MR) is 72.0 cm³/mol. The minimum Gasteiger partial charge on any atom is -0.487 e. The van der Waals surface area contributed by atoms with Crippen molar-refractivity contribution in [3.63, 3.8) is 0 Å². The number of amides is 2. The van der Waals surface area contributed by atoms with Gasteiger partial charge in [0, 0.05) is 0 Å². The molecule has 0 radical (unpaired) electrons. The fourth-order valence-corrected chi connectivity index (χ4v) is 1.69. The van der Waals surface area contributed by atoms with Gasteiger partial charge >= 0.3 is 0 Å². The minimum atomic E-state index is -0.381. The number of imide groups is 1. The Kier molecular flexibility index (Phi) is 4.08. The van der Waals surface area contributed by atoms with Gasteiger partial charge in [0.15, 0.2) is 0 Å². The van der Waals surface area contributed by atoms with Crippen molar-refractivity contribution in [1.82, 2.24) is 0 Å². The lowest BCUT2D eigenvalue weighted by Crippen LogP contribution is -2.46. The molecule has 1 saturated heterocycles. The van der Waals surface area contributed by atoms with Crippen LogP contribution in [-0.4, -0.2) is 36.6 Å². The third kappa shape index (κ3) is 3.27. The Morgan fingerprint density at radius 1 is 1.26 bits per heavy atom. The van der Waals surface area contributed by atoms with Gasteiger partial charge in [0.25, 0.3) is 11.8 Å². The molecule has 1 aromatic carbocycles. The first kappa shape index (κ1) is 13.4. The average molecular weight is 280 g/mol. The average Bonchev–Trinajstić information content (AvgIpc) is 2.37. The van der Waals surface area contributed by atoms with Gasteiger partial charge < -0.3 is 15.2 Å². The van der Waals surface area contributed by atoms with Crippen LogP contribution in [0.2, 0.25) is 0 Å². The fourth-order valence-electron chi connectivity index (χ4n) is 1.63. The molecule has 0 aliphatic carbocycles. The maximum atomic E-state index is 11.6. The van der Waals surface area contributed by atoms with E-state index in [9.17, 15) is 9.59 Å². The summed E-state index contributed by atoms with van der Waals surface area (Å²) < 4.78 is 10.1. The van der Waals surface area contributed by atoms with Gasteiger partial charge in [0.2, 0.25) is 0 Å². The van der Waals surface area contributed by atoms with Crippen LogP contribution in [0.15, 0.2) is 24.3 Å². The number of ether oxygens (including phenoxy) is 2. The standard InChI is InChI=1S/C12H12N2O4S/c13-10(19)5-18-9-3-1-8(2-4-9)14-11(15)6-17-7-12(14)16/h1-4H,5-7H2,(H2,13,19). The van der Waals surface area contributed by atoms with Crippen molar-refractivity contribution in [3.8, 4) is 5.75 Å². The van der Waals surface area contributed by atoms with Crippen LogP contribution in [0.1, 0.15) is 0 Å². The number of thiocarbonyl (C=S) groups is 1. The summed E-state index contributed by atoms with van der Waals surface area (Å²) in [6, 6.07) is 6.53. The molecule has 100 valence electrons. The Morgan fingerprint density at radius 2 is 1.84 bits per heavy atom. The Hall–Kier alpha value is -1.99. The largest absolute Gasteiger partial charge is 0.487 e. The van der Waals surface area contributed by atoms with Crippen LogP contribution in [0.5, 0.6) is 5.75 Å². The molecule has 1 aliphatic rings. The first-order chi connectivity index (χ1) is 9.08. The van der Waals surface area contributed by atoms with Gasteiger partial charge in [-0.2, -0.15) is 0 Å². The molecule has 0 spiro atoms. The monoisotopic (exact) mass is 280 g/mol. The zero-order valence-electron chi connectivity index (χ0n) is 10.00. The number of nitrogens with zero attached hydrogens (tertiary/aromatic N) is 1.